The van der Waals surface area contributed by atoms with Gasteiger partial charge in [-0.3, -0.25) is 0 Å². The van der Waals surface area contributed by atoms with E-state index in [1.807, 2.05) is 0 Å². The lowest BCUT2D eigenvalue weighted by atomic mass is 10.1. The number of fused-ring (bicyclic) bond motifs is 1. The summed E-state index contributed by atoms with van der Waals surface area (Å²) in [5, 5.41) is -0.323. The molecule has 29 heavy (non-hydrogen) atoms. The van der Waals surface area contributed by atoms with Gasteiger partial charge in [0.1, 0.15) is 17.2 Å². The van der Waals surface area contributed by atoms with Gasteiger partial charge in [-0.25, -0.2) is 9.37 Å². The first-order valence-electron chi connectivity index (χ1n) is 8.84. The molecule has 0 amide bonds. The molecule has 0 aliphatic rings. The third kappa shape index (κ3) is 5.21. The molecule has 0 aliphatic heterocycles. The average molecular weight is 517 g/mol. The second-order valence-corrected chi connectivity index (χ2v) is 14.2. The van der Waals surface area contributed by atoms with Crippen LogP contribution >= 0.6 is 27.5 Å². The summed E-state index contributed by atoms with van der Waals surface area (Å²) in [7, 11) is -0.358. The van der Waals surface area contributed by atoms with E-state index in [2.05, 4.69) is 59.8 Å². The van der Waals surface area contributed by atoms with E-state index in [4.69, 9.17) is 16.0 Å². The Hall–Kier alpha value is -0.973. The van der Waals surface area contributed by atoms with E-state index in [0.29, 0.717) is 19.2 Å². The standard InChI is InChI=1S/C18H23BrClF4N3OSi/c1-17(2,3)29(5,6)28-8-7-27(4)15-12-13(19)10(18(22,23)24)9-11(21)14(12)25-16(20)26-15/h9H,7-8H2,1-6H3. The normalized spacial score (nSPS) is 13.2. The molecule has 4 nitrogen and oxygen atoms in total. The van der Waals surface area contributed by atoms with Gasteiger partial charge in [0.25, 0.3) is 0 Å². The average Bonchev–Trinajstić information content (AvgIpc) is 2.54. The summed E-state index contributed by atoms with van der Waals surface area (Å²) >= 11 is 8.87. The van der Waals surface area contributed by atoms with Crippen molar-refractivity contribution in [1.82, 2.24) is 9.97 Å². The quantitative estimate of drug-likeness (QED) is 0.253. The number of benzene rings is 1. The Balaban J connectivity index is 2.45. The van der Waals surface area contributed by atoms with Crippen molar-refractivity contribution in [1.29, 1.82) is 0 Å². The smallest absolute Gasteiger partial charge is 0.415 e. The Labute approximate surface area is 181 Å². The molecule has 0 bridgehead atoms. The van der Waals surface area contributed by atoms with Crippen LogP contribution in [0.25, 0.3) is 10.9 Å². The van der Waals surface area contributed by atoms with Crippen LogP contribution in [0.2, 0.25) is 23.4 Å². The third-order valence-electron chi connectivity index (χ3n) is 5.18. The highest BCUT2D eigenvalue weighted by Crippen LogP contribution is 2.42. The van der Waals surface area contributed by atoms with Crippen LogP contribution in [0, 0.1) is 5.82 Å². The summed E-state index contributed by atoms with van der Waals surface area (Å²) in [5.41, 5.74) is -1.42. The van der Waals surface area contributed by atoms with E-state index in [1.165, 1.54) is 0 Å². The molecule has 11 heteroatoms. The molecule has 0 radical (unpaired) electrons. The van der Waals surface area contributed by atoms with Crippen molar-refractivity contribution in [2.45, 2.75) is 45.1 Å². The third-order valence-corrected chi connectivity index (χ3v) is 10.7. The fourth-order valence-corrected chi connectivity index (χ4v) is 4.34. The first-order chi connectivity index (χ1) is 13.1. The fourth-order valence-electron chi connectivity index (χ4n) is 2.43. The Morgan fingerprint density at radius 1 is 1.21 bits per heavy atom. The first kappa shape index (κ1) is 24.3. The number of alkyl halides is 3. The number of hydrogen-bond acceptors (Lipinski definition) is 4. The maximum atomic E-state index is 14.4. The molecule has 0 N–H and O–H groups in total. The molecule has 2 aromatic rings. The number of halogens is 6. The van der Waals surface area contributed by atoms with Gasteiger partial charge >= 0.3 is 6.18 Å². The zero-order chi connectivity index (χ0) is 22.4. The van der Waals surface area contributed by atoms with Crippen molar-refractivity contribution in [2.75, 3.05) is 25.1 Å². The van der Waals surface area contributed by atoms with Gasteiger partial charge in [-0.05, 0) is 51.7 Å². The minimum Gasteiger partial charge on any atom is -0.415 e. The van der Waals surface area contributed by atoms with Crippen molar-refractivity contribution in [3.8, 4) is 0 Å². The fraction of sp³-hybridized carbons (Fsp3) is 0.556. The highest BCUT2D eigenvalue weighted by molar-refractivity contribution is 9.10. The molecule has 0 fully saturated rings. The molecule has 2 rings (SSSR count). The van der Waals surface area contributed by atoms with Gasteiger partial charge < -0.3 is 9.33 Å². The molecule has 1 heterocycles. The predicted octanol–water partition coefficient (Wildman–Crippen LogP) is 6.66. The van der Waals surface area contributed by atoms with E-state index in [1.54, 1.807) is 11.9 Å². The molecule has 1 aromatic heterocycles. The molecule has 0 aliphatic carbocycles. The number of nitrogens with zero attached hydrogens (tertiary/aromatic N) is 3. The van der Waals surface area contributed by atoms with Crippen molar-refractivity contribution in [3.05, 3.63) is 27.2 Å². The van der Waals surface area contributed by atoms with E-state index in [9.17, 15) is 17.6 Å². The maximum Gasteiger partial charge on any atom is 0.417 e. The van der Waals surface area contributed by atoms with Crippen LogP contribution in [0.15, 0.2) is 10.5 Å². The van der Waals surface area contributed by atoms with Crippen LogP contribution < -0.4 is 4.90 Å². The molecule has 162 valence electrons. The summed E-state index contributed by atoms with van der Waals surface area (Å²) in [4.78, 5) is 9.44. The van der Waals surface area contributed by atoms with E-state index in [-0.39, 0.29) is 31.5 Å². The Morgan fingerprint density at radius 3 is 2.31 bits per heavy atom. The summed E-state index contributed by atoms with van der Waals surface area (Å²) in [6.07, 6.45) is -4.74. The summed E-state index contributed by atoms with van der Waals surface area (Å²) < 4.78 is 60.2. The van der Waals surface area contributed by atoms with Crippen molar-refractivity contribution >= 4 is 52.6 Å². The van der Waals surface area contributed by atoms with Crippen LogP contribution in [0.3, 0.4) is 0 Å². The van der Waals surface area contributed by atoms with Crippen LogP contribution in [-0.2, 0) is 10.6 Å². The Bertz CT molecular complexity index is 919. The molecule has 0 spiro atoms. The van der Waals surface area contributed by atoms with Crippen molar-refractivity contribution < 1.29 is 22.0 Å². The molecule has 0 atom stereocenters. The number of aromatic nitrogens is 2. The van der Waals surface area contributed by atoms with E-state index in [0.717, 1.165) is 0 Å². The lowest BCUT2D eigenvalue weighted by molar-refractivity contribution is -0.138. The lowest BCUT2D eigenvalue weighted by Gasteiger charge is -2.36. The van der Waals surface area contributed by atoms with Crippen LogP contribution in [0.4, 0.5) is 23.4 Å². The number of likely N-dealkylation sites (N-methyl/N-ethyl adjacent to an activating group) is 1. The largest absolute Gasteiger partial charge is 0.417 e. The maximum absolute atomic E-state index is 14.4. The summed E-state index contributed by atoms with van der Waals surface area (Å²) in [6, 6.07) is 0.403. The Kier molecular flexibility index (Phi) is 6.94. The number of anilines is 1. The van der Waals surface area contributed by atoms with Crippen molar-refractivity contribution in [3.63, 3.8) is 0 Å². The van der Waals surface area contributed by atoms with Gasteiger partial charge in [0.15, 0.2) is 8.32 Å². The number of rotatable bonds is 5. The van der Waals surface area contributed by atoms with Crippen molar-refractivity contribution in [2.24, 2.45) is 0 Å². The molecule has 0 unspecified atom stereocenters. The summed E-state index contributed by atoms with van der Waals surface area (Å²) in [5.74, 6) is -1.03. The highest BCUT2D eigenvalue weighted by atomic mass is 79.9. The minimum absolute atomic E-state index is 0.0181. The predicted molar refractivity (Wildman–Crippen MR) is 114 cm³/mol. The molecular weight excluding hydrogens is 494 g/mol. The van der Waals surface area contributed by atoms with Gasteiger partial charge in [-0.15, -0.1) is 0 Å². The second kappa shape index (κ2) is 8.28. The van der Waals surface area contributed by atoms with Gasteiger partial charge in [0.05, 0.1) is 17.6 Å². The zero-order valence-corrected chi connectivity index (χ0v) is 20.4. The van der Waals surface area contributed by atoms with Gasteiger partial charge in [-0.2, -0.15) is 18.2 Å². The van der Waals surface area contributed by atoms with Crippen LogP contribution in [-0.4, -0.2) is 38.5 Å². The second-order valence-electron chi connectivity index (χ2n) is 8.29. The monoisotopic (exact) mass is 515 g/mol. The highest BCUT2D eigenvalue weighted by Gasteiger charge is 2.38. The Morgan fingerprint density at radius 2 is 1.79 bits per heavy atom. The SMILES string of the molecule is CN(CCO[Si](C)(C)C(C)(C)C)c1nc(Cl)nc2c(F)cc(C(F)(F)F)c(Br)c12. The van der Waals surface area contributed by atoms with Crippen LogP contribution in [0.1, 0.15) is 26.3 Å². The molecular formula is C18H23BrClF4N3OSi. The number of hydrogen-bond donors (Lipinski definition) is 0. The van der Waals surface area contributed by atoms with E-state index < -0.39 is 25.9 Å². The lowest BCUT2D eigenvalue weighted by Crippen LogP contribution is -2.42. The van der Waals surface area contributed by atoms with Gasteiger partial charge in [0.2, 0.25) is 5.28 Å². The topological polar surface area (TPSA) is 38.2 Å². The molecule has 1 aromatic carbocycles. The zero-order valence-electron chi connectivity index (χ0n) is 17.0. The molecule has 0 saturated heterocycles. The van der Waals surface area contributed by atoms with Gasteiger partial charge in [-0.1, -0.05) is 20.8 Å². The minimum atomic E-state index is -4.74. The summed E-state index contributed by atoms with van der Waals surface area (Å²) in [6.45, 7) is 11.2. The molecule has 0 saturated carbocycles. The van der Waals surface area contributed by atoms with E-state index >= 15 is 0 Å². The van der Waals surface area contributed by atoms with Crippen LogP contribution in [0.5, 0.6) is 0 Å². The first-order valence-corrected chi connectivity index (χ1v) is 12.9. The van der Waals surface area contributed by atoms with Gasteiger partial charge in [0, 0.05) is 18.1 Å².